The van der Waals surface area contributed by atoms with Crippen LogP contribution in [0.25, 0.3) is 0 Å². The fraction of sp³-hybridized carbons (Fsp3) is 0.0909. The summed E-state index contributed by atoms with van der Waals surface area (Å²) in [6, 6.07) is 8.74. The summed E-state index contributed by atoms with van der Waals surface area (Å²) >= 11 is 5.74. The van der Waals surface area contributed by atoms with Crippen LogP contribution in [0.15, 0.2) is 36.5 Å². The molecule has 0 unspecified atom stereocenters. The molecule has 1 heterocycles. The van der Waals surface area contributed by atoms with Crippen LogP contribution in [0, 0.1) is 0 Å². The third kappa shape index (κ3) is 2.84. The van der Waals surface area contributed by atoms with E-state index in [1.165, 1.54) is 0 Å². The first kappa shape index (κ1) is 10.7. The maximum Gasteiger partial charge on any atom is 0.230 e. The number of carbonyl (C=O) groups excluding carboxylic acids is 1. The molecule has 0 fully saturated rings. The Labute approximate surface area is 97.6 Å². The second-order valence-corrected chi connectivity index (χ2v) is 3.75. The van der Waals surface area contributed by atoms with Gasteiger partial charge in [0.2, 0.25) is 5.91 Å². The largest absolute Gasteiger partial charge is 0.326 e. The highest BCUT2D eigenvalue weighted by molar-refractivity contribution is 6.30. The Morgan fingerprint density at radius 2 is 2.06 bits per heavy atom. The lowest BCUT2D eigenvalue weighted by Crippen LogP contribution is -2.14. The number of benzene rings is 1. The van der Waals surface area contributed by atoms with E-state index in [4.69, 9.17) is 11.6 Å². The number of H-pyrrole nitrogens is 1. The average molecular weight is 236 g/mol. The molecule has 2 aromatic rings. The number of hydrogen-bond acceptors (Lipinski definition) is 2. The van der Waals surface area contributed by atoms with Gasteiger partial charge in [-0.25, -0.2) is 0 Å². The summed E-state index contributed by atoms with van der Waals surface area (Å²) in [6.07, 6.45) is 1.90. The van der Waals surface area contributed by atoms with Gasteiger partial charge in [0, 0.05) is 22.6 Å². The van der Waals surface area contributed by atoms with E-state index in [-0.39, 0.29) is 12.3 Å². The first-order valence-corrected chi connectivity index (χ1v) is 5.15. The zero-order valence-corrected chi connectivity index (χ0v) is 9.16. The zero-order valence-electron chi connectivity index (χ0n) is 8.40. The second-order valence-electron chi connectivity index (χ2n) is 3.31. The Morgan fingerprint density at radius 3 is 2.69 bits per heavy atom. The lowest BCUT2D eigenvalue weighted by Gasteiger charge is -2.03. The normalized spacial score (nSPS) is 10.1. The number of aromatic nitrogens is 2. The number of amides is 1. The van der Waals surface area contributed by atoms with Gasteiger partial charge in [-0.15, -0.1) is 0 Å². The fourth-order valence-electron chi connectivity index (χ4n) is 1.29. The van der Waals surface area contributed by atoms with Crippen LogP contribution < -0.4 is 5.32 Å². The van der Waals surface area contributed by atoms with Crippen LogP contribution >= 0.6 is 11.6 Å². The number of nitrogens with one attached hydrogen (secondary N) is 2. The predicted octanol–water partition coefficient (Wildman–Crippen LogP) is 2.24. The molecule has 0 saturated carbocycles. The number of anilines is 1. The van der Waals surface area contributed by atoms with Crippen molar-refractivity contribution < 1.29 is 4.79 Å². The number of carbonyl (C=O) groups is 1. The first-order chi connectivity index (χ1) is 7.74. The molecule has 1 aromatic heterocycles. The molecule has 0 aliphatic carbocycles. The van der Waals surface area contributed by atoms with E-state index < -0.39 is 0 Å². The van der Waals surface area contributed by atoms with Crippen LogP contribution in [0.2, 0.25) is 5.02 Å². The minimum absolute atomic E-state index is 0.0911. The van der Waals surface area contributed by atoms with Gasteiger partial charge in [-0.2, -0.15) is 5.10 Å². The Bertz CT molecular complexity index is 464. The van der Waals surface area contributed by atoms with Gasteiger partial charge in [0.05, 0.1) is 6.42 Å². The molecule has 0 bridgehead atoms. The summed E-state index contributed by atoms with van der Waals surface area (Å²) in [5, 5.41) is 9.91. The summed E-state index contributed by atoms with van der Waals surface area (Å²) in [7, 11) is 0. The molecule has 1 aromatic carbocycles. The van der Waals surface area contributed by atoms with Crippen LogP contribution in [-0.4, -0.2) is 16.1 Å². The van der Waals surface area contributed by atoms with Crippen LogP contribution in [-0.2, 0) is 11.2 Å². The first-order valence-electron chi connectivity index (χ1n) is 4.78. The highest BCUT2D eigenvalue weighted by atomic mass is 35.5. The summed E-state index contributed by atoms with van der Waals surface area (Å²) < 4.78 is 0. The van der Waals surface area contributed by atoms with E-state index in [9.17, 15) is 4.79 Å². The summed E-state index contributed by atoms with van der Waals surface area (Å²) in [5.41, 5.74) is 1.51. The van der Waals surface area contributed by atoms with Crippen LogP contribution in [0.5, 0.6) is 0 Å². The van der Waals surface area contributed by atoms with Crippen molar-refractivity contribution in [1.29, 1.82) is 0 Å². The van der Waals surface area contributed by atoms with Crippen LogP contribution in [0.3, 0.4) is 0 Å². The van der Waals surface area contributed by atoms with Crippen molar-refractivity contribution in [3.05, 3.63) is 47.2 Å². The standard InChI is InChI=1S/C11H10ClN3O/c12-8-1-3-9(4-2-8)14-11(16)7-10-5-6-13-15-10/h1-6H,7H2,(H,13,15)(H,14,16). The van der Waals surface area contributed by atoms with Crippen LogP contribution in [0.4, 0.5) is 5.69 Å². The van der Waals surface area contributed by atoms with Crippen molar-refractivity contribution in [3.8, 4) is 0 Å². The molecule has 0 spiro atoms. The molecule has 16 heavy (non-hydrogen) atoms. The van der Waals surface area contributed by atoms with Crippen LogP contribution in [0.1, 0.15) is 5.69 Å². The van der Waals surface area contributed by atoms with Gasteiger partial charge in [0.15, 0.2) is 0 Å². The molecule has 2 rings (SSSR count). The van der Waals surface area contributed by atoms with Crippen molar-refractivity contribution in [2.45, 2.75) is 6.42 Å². The molecule has 5 heteroatoms. The molecular formula is C11H10ClN3O. The highest BCUT2D eigenvalue weighted by Gasteiger charge is 2.04. The molecule has 0 atom stereocenters. The van der Waals surface area contributed by atoms with Gasteiger partial charge in [0.1, 0.15) is 0 Å². The van der Waals surface area contributed by atoms with Crippen molar-refractivity contribution in [1.82, 2.24) is 10.2 Å². The minimum Gasteiger partial charge on any atom is -0.326 e. The Morgan fingerprint density at radius 1 is 1.31 bits per heavy atom. The van der Waals surface area contributed by atoms with Gasteiger partial charge in [-0.05, 0) is 30.3 Å². The number of nitrogens with zero attached hydrogens (tertiary/aromatic N) is 1. The highest BCUT2D eigenvalue weighted by Crippen LogP contribution is 2.13. The molecule has 4 nitrogen and oxygen atoms in total. The van der Waals surface area contributed by atoms with Gasteiger partial charge in [-0.3, -0.25) is 9.89 Å². The zero-order chi connectivity index (χ0) is 11.4. The van der Waals surface area contributed by atoms with Gasteiger partial charge >= 0.3 is 0 Å². The number of rotatable bonds is 3. The van der Waals surface area contributed by atoms with Gasteiger partial charge in [0.25, 0.3) is 0 Å². The summed E-state index contributed by atoms with van der Waals surface area (Å²) in [6.45, 7) is 0. The van der Waals surface area contributed by atoms with E-state index in [2.05, 4.69) is 15.5 Å². The summed E-state index contributed by atoms with van der Waals surface area (Å²) in [5.74, 6) is -0.0911. The SMILES string of the molecule is O=C(Cc1ccn[nH]1)Nc1ccc(Cl)cc1. The maximum absolute atomic E-state index is 11.6. The van der Waals surface area contributed by atoms with E-state index >= 15 is 0 Å². The third-order valence-electron chi connectivity index (χ3n) is 2.04. The van der Waals surface area contributed by atoms with Gasteiger partial charge < -0.3 is 5.32 Å². The summed E-state index contributed by atoms with van der Waals surface area (Å²) in [4.78, 5) is 11.6. The molecule has 1 amide bonds. The van der Waals surface area contributed by atoms with E-state index in [0.29, 0.717) is 5.02 Å². The van der Waals surface area contributed by atoms with Crippen molar-refractivity contribution in [2.24, 2.45) is 0 Å². The molecule has 2 N–H and O–H groups in total. The molecule has 0 aliphatic rings. The van der Waals surface area contributed by atoms with E-state index in [1.807, 2.05) is 0 Å². The smallest absolute Gasteiger partial charge is 0.230 e. The van der Waals surface area contributed by atoms with Crippen molar-refractivity contribution in [2.75, 3.05) is 5.32 Å². The second kappa shape index (κ2) is 4.81. The monoisotopic (exact) mass is 235 g/mol. The number of hydrogen-bond donors (Lipinski definition) is 2. The predicted molar refractivity (Wildman–Crippen MR) is 62.4 cm³/mol. The Kier molecular flexibility index (Phi) is 3.22. The molecule has 0 aliphatic heterocycles. The third-order valence-corrected chi connectivity index (χ3v) is 2.29. The quantitative estimate of drug-likeness (QED) is 0.857. The topological polar surface area (TPSA) is 57.8 Å². The Hall–Kier alpha value is -1.81. The number of aromatic amines is 1. The van der Waals surface area contributed by atoms with E-state index in [0.717, 1.165) is 11.4 Å². The van der Waals surface area contributed by atoms with E-state index in [1.54, 1.807) is 36.5 Å². The van der Waals surface area contributed by atoms with Crippen molar-refractivity contribution in [3.63, 3.8) is 0 Å². The van der Waals surface area contributed by atoms with Gasteiger partial charge in [-0.1, -0.05) is 11.6 Å². The maximum atomic E-state index is 11.6. The molecule has 0 saturated heterocycles. The minimum atomic E-state index is -0.0911. The number of halogens is 1. The molecule has 0 radical (unpaired) electrons. The van der Waals surface area contributed by atoms with Crippen molar-refractivity contribution >= 4 is 23.2 Å². The Balaban J connectivity index is 1.95. The fourth-order valence-corrected chi connectivity index (χ4v) is 1.42. The molecular weight excluding hydrogens is 226 g/mol. The lowest BCUT2D eigenvalue weighted by molar-refractivity contribution is -0.115. The molecule has 82 valence electrons. The average Bonchev–Trinajstić information content (AvgIpc) is 2.74. The lowest BCUT2D eigenvalue weighted by atomic mass is 10.2.